The molecule has 0 spiro atoms. The van der Waals surface area contributed by atoms with Crippen molar-refractivity contribution in [3.8, 4) is 0 Å². The van der Waals surface area contributed by atoms with Gasteiger partial charge in [-0.1, -0.05) is 18.2 Å². The van der Waals surface area contributed by atoms with E-state index in [2.05, 4.69) is 16.2 Å². The van der Waals surface area contributed by atoms with E-state index in [0.717, 1.165) is 10.9 Å². The summed E-state index contributed by atoms with van der Waals surface area (Å²) in [6, 6.07) is 7.48. The van der Waals surface area contributed by atoms with Crippen LogP contribution >= 0.6 is 0 Å². The summed E-state index contributed by atoms with van der Waals surface area (Å²) in [5.74, 6) is 0.0173. The molecule has 0 aliphatic carbocycles. The summed E-state index contributed by atoms with van der Waals surface area (Å²) < 4.78 is 0. The third kappa shape index (κ3) is 1.00. The predicted octanol–water partition coefficient (Wildman–Crippen LogP) is 1.34. The molecule has 1 N–H and O–H groups in total. The second-order valence-corrected chi connectivity index (χ2v) is 2.18. The number of aromatic nitrogens is 2. The summed E-state index contributed by atoms with van der Waals surface area (Å²) in [4.78, 5) is 7.54. The first-order valence-corrected chi connectivity index (χ1v) is 3.22. The van der Waals surface area contributed by atoms with Gasteiger partial charge in [-0.15, -0.1) is 0 Å². The quantitative estimate of drug-likeness (QED) is 0.558. The van der Waals surface area contributed by atoms with E-state index >= 15 is 0 Å². The van der Waals surface area contributed by atoms with Crippen molar-refractivity contribution in [2.24, 2.45) is 0 Å². The molecular formula is C8H5N3. The van der Waals surface area contributed by atoms with Crippen molar-refractivity contribution in [2.45, 2.75) is 0 Å². The number of rotatable bonds is 0. The fourth-order valence-corrected chi connectivity index (χ4v) is 0.918. The Labute approximate surface area is 63.9 Å². The lowest BCUT2D eigenvalue weighted by atomic mass is 10.2. The Balaban J connectivity index is 2.83. The largest absolute Gasteiger partial charge is 0.265 e. The van der Waals surface area contributed by atoms with Crippen molar-refractivity contribution in [3.63, 3.8) is 0 Å². The van der Waals surface area contributed by atoms with Crippen molar-refractivity contribution in [1.29, 1.82) is 0 Å². The second-order valence-electron chi connectivity index (χ2n) is 2.18. The van der Waals surface area contributed by atoms with Crippen molar-refractivity contribution in [1.82, 2.24) is 15.7 Å². The molecule has 2 aromatic rings. The monoisotopic (exact) mass is 143 g/mol. The Kier molecular flexibility index (Phi) is 1.22. The molecule has 0 saturated heterocycles. The molecular weight excluding hydrogens is 138 g/mol. The number of nitrogens with zero attached hydrogens (tertiary/aromatic N) is 2. The molecule has 0 bridgehead atoms. The van der Waals surface area contributed by atoms with E-state index in [1.54, 1.807) is 0 Å². The van der Waals surface area contributed by atoms with Crippen LogP contribution in [0.5, 0.6) is 0 Å². The van der Waals surface area contributed by atoms with Gasteiger partial charge in [-0.2, -0.15) is 0 Å². The van der Waals surface area contributed by atoms with Crippen LogP contribution in [0.25, 0.3) is 10.9 Å². The Bertz CT molecular complexity index is 384. The van der Waals surface area contributed by atoms with Crippen LogP contribution < -0.4 is 5.73 Å². The maximum absolute atomic E-state index is 7.12. The van der Waals surface area contributed by atoms with Crippen LogP contribution in [0.2, 0.25) is 0 Å². The van der Waals surface area contributed by atoms with Gasteiger partial charge in [0.05, 0.1) is 5.52 Å². The van der Waals surface area contributed by atoms with E-state index < -0.39 is 0 Å². The van der Waals surface area contributed by atoms with Gasteiger partial charge in [-0.3, -0.25) is 5.73 Å². The first-order chi connectivity index (χ1) is 5.36. The molecule has 0 aliphatic heterocycles. The predicted molar refractivity (Wildman–Crippen MR) is 41.1 cm³/mol. The maximum Gasteiger partial charge on any atom is 0.243 e. The first kappa shape index (κ1) is 6.09. The van der Waals surface area contributed by atoms with Gasteiger partial charge < -0.3 is 0 Å². The molecule has 0 saturated carbocycles. The lowest BCUT2D eigenvalue weighted by Crippen LogP contribution is -1.84. The lowest BCUT2D eigenvalue weighted by Gasteiger charge is -1.93. The van der Waals surface area contributed by atoms with Crippen LogP contribution in [-0.4, -0.2) is 9.97 Å². The van der Waals surface area contributed by atoms with Crippen LogP contribution in [0.15, 0.2) is 24.3 Å². The maximum atomic E-state index is 7.12. The van der Waals surface area contributed by atoms with Crippen molar-refractivity contribution < 1.29 is 0 Å². The summed E-state index contributed by atoms with van der Waals surface area (Å²) >= 11 is 0. The molecule has 2 radical (unpaired) electrons. The minimum atomic E-state index is 0.0173. The normalized spacial score (nSPS) is 10.2. The van der Waals surface area contributed by atoms with E-state index in [-0.39, 0.29) is 5.95 Å². The Morgan fingerprint density at radius 3 is 3.00 bits per heavy atom. The smallest absolute Gasteiger partial charge is 0.243 e. The van der Waals surface area contributed by atoms with Gasteiger partial charge in [0, 0.05) is 5.39 Å². The topological polar surface area (TPSA) is 49.6 Å². The summed E-state index contributed by atoms with van der Waals surface area (Å²) in [5.41, 5.74) is 7.89. The van der Waals surface area contributed by atoms with Crippen molar-refractivity contribution in [2.75, 3.05) is 0 Å². The molecule has 1 heterocycles. The highest BCUT2D eigenvalue weighted by Gasteiger charge is 1.94. The van der Waals surface area contributed by atoms with Gasteiger partial charge >= 0.3 is 0 Å². The lowest BCUT2D eigenvalue weighted by molar-refractivity contribution is 1.15. The average Bonchev–Trinajstić information content (AvgIpc) is 2.04. The number of hydrogen-bond acceptors (Lipinski definition) is 2. The Morgan fingerprint density at radius 2 is 2.09 bits per heavy atom. The summed E-state index contributed by atoms with van der Waals surface area (Å²) in [5, 5.41) is 0.850. The van der Waals surface area contributed by atoms with Crippen LogP contribution in [0.4, 0.5) is 5.95 Å². The zero-order valence-electron chi connectivity index (χ0n) is 5.70. The zero-order valence-corrected chi connectivity index (χ0v) is 5.70. The molecule has 2 rings (SSSR count). The number of para-hydroxylation sites is 1. The standard InChI is InChI=1S/C8H5N3/c9-8-10-5-6-3-1-2-4-7(6)11-8/h1-4,9H. The fraction of sp³-hybridized carbons (Fsp3) is 0. The Morgan fingerprint density at radius 1 is 1.27 bits per heavy atom. The molecule has 11 heavy (non-hydrogen) atoms. The number of hydrogen-bond donors (Lipinski definition) is 0. The third-order valence-corrected chi connectivity index (χ3v) is 1.41. The summed E-state index contributed by atoms with van der Waals surface area (Å²) in [6.07, 6.45) is 2.72. The highest BCUT2D eigenvalue weighted by Crippen LogP contribution is 2.09. The highest BCUT2D eigenvalue weighted by atomic mass is 15.0. The van der Waals surface area contributed by atoms with Gasteiger partial charge in [0.25, 0.3) is 0 Å². The molecule has 0 aliphatic rings. The van der Waals surface area contributed by atoms with Gasteiger partial charge in [0.2, 0.25) is 5.95 Å². The van der Waals surface area contributed by atoms with Crippen LogP contribution in [0.1, 0.15) is 0 Å². The molecule has 1 aromatic carbocycles. The average molecular weight is 143 g/mol. The van der Waals surface area contributed by atoms with E-state index in [4.69, 9.17) is 5.73 Å². The minimum Gasteiger partial charge on any atom is -0.265 e. The zero-order chi connectivity index (χ0) is 7.68. The first-order valence-electron chi connectivity index (χ1n) is 3.22. The number of nitrogens with one attached hydrogen (secondary N) is 1. The van der Waals surface area contributed by atoms with Gasteiger partial charge in [-0.25, -0.2) is 9.97 Å². The van der Waals surface area contributed by atoms with Crippen LogP contribution in [-0.2, 0) is 0 Å². The van der Waals surface area contributed by atoms with Crippen LogP contribution in [0, 0.1) is 6.20 Å². The SMILES string of the molecule is [NH]c1n[c]c2ccccc2n1. The molecule has 0 amide bonds. The molecule has 0 unspecified atom stereocenters. The van der Waals surface area contributed by atoms with E-state index in [9.17, 15) is 0 Å². The number of benzene rings is 1. The van der Waals surface area contributed by atoms with Crippen molar-refractivity contribution in [3.05, 3.63) is 30.5 Å². The molecule has 0 atom stereocenters. The van der Waals surface area contributed by atoms with Gasteiger partial charge in [0.1, 0.15) is 6.20 Å². The van der Waals surface area contributed by atoms with Crippen LogP contribution in [0.3, 0.4) is 0 Å². The number of fused-ring (bicyclic) bond motifs is 1. The summed E-state index contributed by atoms with van der Waals surface area (Å²) in [7, 11) is 0. The minimum absolute atomic E-state index is 0.0173. The van der Waals surface area contributed by atoms with Gasteiger partial charge in [0.15, 0.2) is 0 Å². The third-order valence-electron chi connectivity index (χ3n) is 1.41. The van der Waals surface area contributed by atoms with E-state index in [0.29, 0.717) is 0 Å². The molecule has 3 nitrogen and oxygen atoms in total. The molecule has 3 heteroatoms. The van der Waals surface area contributed by atoms with E-state index in [1.165, 1.54) is 0 Å². The van der Waals surface area contributed by atoms with Crippen molar-refractivity contribution >= 4 is 16.9 Å². The molecule has 52 valence electrons. The fourth-order valence-electron chi connectivity index (χ4n) is 0.918. The molecule has 1 aromatic heterocycles. The Hall–Kier alpha value is -1.64. The van der Waals surface area contributed by atoms with Gasteiger partial charge in [-0.05, 0) is 6.07 Å². The van der Waals surface area contributed by atoms with E-state index in [1.807, 2.05) is 24.3 Å². The summed E-state index contributed by atoms with van der Waals surface area (Å²) in [6.45, 7) is 0. The molecule has 0 fully saturated rings. The second kappa shape index (κ2) is 2.20. The highest BCUT2D eigenvalue weighted by molar-refractivity contribution is 5.77.